The van der Waals surface area contributed by atoms with Gasteiger partial charge >= 0.3 is 0 Å². The minimum Gasteiger partial charge on any atom is -0.489 e. The molecule has 1 aliphatic heterocycles. The highest BCUT2D eigenvalue weighted by molar-refractivity contribution is 6.51. The molecule has 144 valence electrons. The maximum absolute atomic E-state index is 11.0. The van der Waals surface area contributed by atoms with Crippen LogP contribution in [-0.4, -0.2) is 22.7 Å². The van der Waals surface area contributed by atoms with Crippen molar-refractivity contribution in [3.8, 4) is 11.5 Å². The van der Waals surface area contributed by atoms with Crippen LogP contribution in [0.4, 0.5) is 0 Å². The molecule has 0 fully saturated rings. The standard InChI is InChI=1S/C21H18Cl2N2O3/c1-12(2)25-18-6-3-13(7-17(18)21(23)24-25)10-27-15-4-5-16-19(8-15)28-11-14(9-26)20(16)22/h3-9,12H,10-11H2,1-2H3. The van der Waals surface area contributed by atoms with E-state index < -0.39 is 0 Å². The number of fused-ring (bicyclic) bond motifs is 2. The van der Waals surface area contributed by atoms with E-state index in [1.807, 2.05) is 22.9 Å². The number of halogens is 2. The first-order chi connectivity index (χ1) is 13.5. The van der Waals surface area contributed by atoms with Gasteiger partial charge in [0.15, 0.2) is 11.4 Å². The van der Waals surface area contributed by atoms with Crippen molar-refractivity contribution in [2.75, 3.05) is 6.61 Å². The molecule has 0 aliphatic carbocycles. The number of benzene rings is 2. The summed E-state index contributed by atoms with van der Waals surface area (Å²) in [5.41, 5.74) is 3.11. The van der Waals surface area contributed by atoms with Crippen molar-refractivity contribution in [3.63, 3.8) is 0 Å². The molecule has 2 aromatic carbocycles. The van der Waals surface area contributed by atoms with Crippen molar-refractivity contribution in [1.82, 2.24) is 9.78 Å². The molecule has 0 unspecified atom stereocenters. The summed E-state index contributed by atoms with van der Waals surface area (Å²) in [6.07, 6.45) is 0.721. The highest BCUT2D eigenvalue weighted by atomic mass is 35.5. The fraction of sp³-hybridized carbons (Fsp3) is 0.238. The number of ether oxygens (including phenoxy) is 2. The molecular formula is C21H18Cl2N2O3. The predicted molar refractivity (Wildman–Crippen MR) is 110 cm³/mol. The fourth-order valence-corrected chi connectivity index (χ4v) is 3.66. The average molecular weight is 417 g/mol. The van der Waals surface area contributed by atoms with Crippen molar-refractivity contribution < 1.29 is 14.3 Å². The average Bonchev–Trinajstić information content (AvgIpc) is 3.03. The van der Waals surface area contributed by atoms with Gasteiger partial charge in [-0.15, -0.1) is 0 Å². The van der Waals surface area contributed by atoms with Crippen LogP contribution in [0.5, 0.6) is 11.5 Å². The number of hydrogen-bond donors (Lipinski definition) is 0. The first-order valence-corrected chi connectivity index (χ1v) is 9.64. The summed E-state index contributed by atoms with van der Waals surface area (Å²) >= 11 is 12.5. The van der Waals surface area contributed by atoms with Gasteiger partial charge in [-0.1, -0.05) is 29.3 Å². The lowest BCUT2D eigenvalue weighted by Crippen LogP contribution is -2.10. The van der Waals surface area contributed by atoms with E-state index in [0.29, 0.717) is 39.4 Å². The molecule has 0 amide bonds. The summed E-state index contributed by atoms with van der Waals surface area (Å²) in [7, 11) is 0. The van der Waals surface area contributed by atoms with Gasteiger partial charge in [0.2, 0.25) is 0 Å². The van der Waals surface area contributed by atoms with Crippen molar-refractivity contribution in [1.29, 1.82) is 0 Å². The number of aldehydes is 1. The zero-order valence-corrected chi connectivity index (χ0v) is 16.9. The number of nitrogens with zero attached hydrogens (tertiary/aromatic N) is 2. The quantitative estimate of drug-likeness (QED) is 0.523. The number of carbonyl (C=O) groups excluding carboxylic acids is 1. The van der Waals surface area contributed by atoms with Crippen LogP contribution in [0.25, 0.3) is 15.9 Å². The molecule has 4 rings (SSSR count). The van der Waals surface area contributed by atoms with Gasteiger partial charge in [-0.3, -0.25) is 9.48 Å². The van der Waals surface area contributed by atoms with Crippen LogP contribution in [0.3, 0.4) is 0 Å². The molecule has 0 saturated carbocycles. The molecule has 0 bridgehead atoms. The number of carbonyl (C=O) groups is 1. The predicted octanol–water partition coefficient (Wildman–Crippen LogP) is 5.39. The van der Waals surface area contributed by atoms with E-state index in [-0.39, 0.29) is 12.6 Å². The van der Waals surface area contributed by atoms with Crippen LogP contribution in [0.1, 0.15) is 31.0 Å². The summed E-state index contributed by atoms with van der Waals surface area (Å²) in [5, 5.41) is 6.21. The Morgan fingerprint density at radius 1 is 1.25 bits per heavy atom. The number of rotatable bonds is 5. The van der Waals surface area contributed by atoms with Crippen molar-refractivity contribution in [2.24, 2.45) is 0 Å². The van der Waals surface area contributed by atoms with E-state index in [1.54, 1.807) is 18.2 Å². The molecule has 5 nitrogen and oxygen atoms in total. The minimum atomic E-state index is 0.161. The highest BCUT2D eigenvalue weighted by Gasteiger charge is 2.19. The zero-order chi connectivity index (χ0) is 19.8. The molecule has 28 heavy (non-hydrogen) atoms. The SMILES string of the molecule is CC(C)n1nc(Cl)c2cc(COc3ccc4c(c3)OCC(C=O)=C4Cl)ccc21. The van der Waals surface area contributed by atoms with E-state index in [2.05, 4.69) is 18.9 Å². The van der Waals surface area contributed by atoms with Crippen LogP contribution in [0.2, 0.25) is 5.15 Å². The van der Waals surface area contributed by atoms with Crippen LogP contribution >= 0.6 is 23.2 Å². The summed E-state index contributed by atoms with van der Waals surface area (Å²) in [4.78, 5) is 11.0. The maximum atomic E-state index is 11.0. The first kappa shape index (κ1) is 18.8. The lowest BCUT2D eigenvalue weighted by atomic mass is 10.1. The topological polar surface area (TPSA) is 53.4 Å². The Kier molecular flexibility index (Phi) is 5.04. The Hall–Kier alpha value is -2.50. The summed E-state index contributed by atoms with van der Waals surface area (Å²) in [6, 6.07) is 11.6. The Balaban J connectivity index is 1.55. The molecule has 0 N–H and O–H groups in total. The lowest BCUT2D eigenvalue weighted by Gasteiger charge is -2.19. The highest BCUT2D eigenvalue weighted by Crippen LogP contribution is 2.37. The van der Waals surface area contributed by atoms with Crippen LogP contribution < -0.4 is 9.47 Å². The van der Waals surface area contributed by atoms with Crippen LogP contribution in [0.15, 0.2) is 42.0 Å². The molecular weight excluding hydrogens is 399 g/mol. The molecule has 0 atom stereocenters. The maximum Gasteiger partial charge on any atom is 0.158 e. The lowest BCUT2D eigenvalue weighted by molar-refractivity contribution is -0.105. The van der Waals surface area contributed by atoms with Crippen molar-refractivity contribution in [3.05, 3.63) is 58.3 Å². The third kappa shape index (κ3) is 3.36. The molecule has 1 aliphatic rings. The zero-order valence-electron chi connectivity index (χ0n) is 15.4. The molecule has 0 spiro atoms. The Bertz CT molecular complexity index is 1100. The molecule has 2 heterocycles. The third-order valence-electron chi connectivity index (χ3n) is 4.62. The number of hydrogen-bond acceptors (Lipinski definition) is 4. The molecule has 1 aromatic heterocycles. The fourth-order valence-electron chi connectivity index (χ4n) is 3.17. The van der Waals surface area contributed by atoms with Gasteiger partial charge < -0.3 is 9.47 Å². The second-order valence-corrected chi connectivity index (χ2v) is 7.61. The second kappa shape index (κ2) is 7.49. The van der Waals surface area contributed by atoms with Crippen LogP contribution in [-0.2, 0) is 11.4 Å². The van der Waals surface area contributed by atoms with Gasteiger partial charge in [0.1, 0.15) is 24.7 Å². The first-order valence-electron chi connectivity index (χ1n) is 8.88. The van der Waals surface area contributed by atoms with Gasteiger partial charge in [-0.25, -0.2) is 0 Å². The summed E-state index contributed by atoms with van der Waals surface area (Å²) in [5.74, 6) is 1.26. The van der Waals surface area contributed by atoms with Gasteiger partial charge in [-0.2, -0.15) is 5.10 Å². The summed E-state index contributed by atoms with van der Waals surface area (Å²) in [6.45, 7) is 4.67. The van der Waals surface area contributed by atoms with E-state index in [1.165, 1.54) is 0 Å². The molecule has 0 saturated heterocycles. The van der Waals surface area contributed by atoms with Gasteiger partial charge in [0.05, 0.1) is 10.5 Å². The van der Waals surface area contributed by atoms with Gasteiger partial charge in [-0.05, 0) is 43.7 Å². The third-order valence-corrected chi connectivity index (χ3v) is 5.34. The molecule has 3 aromatic rings. The van der Waals surface area contributed by atoms with Crippen molar-refractivity contribution >= 4 is 45.4 Å². The smallest absolute Gasteiger partial charge is 0.158 e. The minimum absolute atomic E-state index is 0.161. The number of aromatic nitrogens is 2. The van der Waals surface area contributed by atoms with Crippen molar-refractivity contribution in [2.45, 2.75) is 26.5 Å². The van der Waals surface area contributed by atoms with E-state index >= 15 is 0 Å². The molecule has 7 heteroatoms. The summed E-state index contributed by atoms with van der Waals surface area (Å²) < 4.78 is 13.4. The van der Waals surface area contributed by atoms with E-state index in [0.717, 1.165) is 22.8 Å². The van der Waals surface area contributed by atoms with Gasteiger partial charge in [0, 0.05) is 28.6 Å². The normalized spacial score (nSPS) is 13.6. The Morgan fingerprint density at radius 3 is 2.82 bits per heavy atom. The van der Waals surface area contributed by atoms with Crippen LogP contribution in [0, 0.1) is 0 Å². The van der Waals surface area contributed by atoms with Gasteiger partial charge in [0.25, 0.3) is 0 Å². The van der Waals surface area contributed by atoms with E-state index in [9.17, 15) is 4.79 Å². The second-order valence-electron chi connectivity index (χ2n) is 6.87. The Labute approximate surface area is 172 Å². The largest absolute Gasteiger partial charge is 0.489 e. The van der Waals surface area contributed by atoms with E-state index in [4.69, 9.17) is 32.7 Å². The molecule has 0 radical (unpaired) electrons. The Morgan fingerprint density at radius 2 is 2.07 bits per heavy atom. The monoisotopic (exact) mass is 416 g/mol.